The number of nitrogens with one attached hydrogen (secondary N) is 1. The molecule has 3 heteroatoms. The Morgan fingerprint density at radius 1 is 1.33 bits per heavy atom. The van der Waals surface area contributed by atoms with Gasteiger partial charge in [0.1, 0.15) is 0 Å². The molecule has 2 heterocycles. The predicted octanol–water partition coefficient (Wildman–Crippen LogP) is -0.251. The lowest BCUT2D eigenvalue weighted by Gasteiger charge is -2.06. The first-order valence-electron chi connectivity index (χ1n) is 5.27. The van der Waals surface area contributed by atoms with E-state index in [2.05, 4.69) is 16.4 Å². The van der Waals surface area contributed by atoms with Crippen LogP contribution in [0.5, 0.6) is 0 Å². The normalized spacial score (nSPS) is 23.6. The molecule has 1 atom stereocenters. The van der Waals surface area contributed by atoms with Crippen LogP contribution in [0.15, 0.2) is 29.3 Å². The molecule has 1 amide bonds. The summed E-state index contributed by atoms with van der Waals surface area (Å²) in [5.74, 6) is 0.143. The molecule has 76 valence electrons. The molecule has 0 aromatic heterocycles. The summed E-state index contributed by atoms with van der Waals surface area (Å²) in [7, 11) is 0. The average Bonchev–Trinajstić information content (AvgIpc) is 2.51. The van der Waals surface area contributed by atoms with Gasteiger partial charge in [-0.15, -0.1) is 0 Å². The Labute approximate surface area is 87.5 Å². The molecule has 2 aliphatic heterocycles. The van der Waals surface area contributed by atoms with Gasteiger partial charge in [0.25, 0.3) is 0 Å². The van der Waals surface area contributed by atoms with E-state index in [0.717, 1.165) is 11.8 Å². The third-order valence-electron chi connectivity index (χ3n) is 3.07. The van der Waals surface area contributed by atoms with Crippen LogP contribution in [0.3, 0.4) is 0 Å². The van der Waals surface area contributed by atoms with Gasteiger partial charge in [-0.1, -0.05) is 18.2 Å². The van der Waals surface area contributed by atoms with Crippen molar-refractivity contribution in [1.82, 2.24) is 5.32 Å². The molecule has 1 N–H and O–H groups in total. The van der Waals surface area contributed by atoms with E-state index >= 15 is 0 Å². The minimum atomic E-state index is 0.143. The second-order valence-electron chi connectivity index (χ2n) is 4.00. The lowest BCUT2D eigenvalue weighted by atomic mass is 10.0. The summed E-state index contributed by atoms with van der Waals surface area (Å²) in [6.45, 7) is 0.657. The fourth-order valence-corrected chi connectivity index (χ4v) is 2.28. The van der Waals surface area contributed by atoms with Crippen molar-refractivity contribution < 1.29 is 4.79 Å². The Kier molecular flexibility index (Phi) is 1.84. The van der Waals surface area contributed by atoms with Crippen LogP contribution < -0.4 is 15.9 Å². The van der Waals surface area contributed by atoms with Gasteiger partial charge < -0.3 is 5.32 Å². The molecule has 1 fully saturated rings. The van der Waals surface area contributed by atoms with Crippen molar-refractivity contribution in [3.05, 3.63) is 34.8 Å². The first-order chi connectivity index (χ1) is 7.34. The van der Waals surface area contributed by atoms with Gasteiger partial charge in [-0.3, -0.25) is 9.79 Å². The number of carbonyl (C=O) groups is 1. The van der Waals surface area contributed by atoms with Crippen molar-refractivity contribution in [3.8, 4) is 0 Å². The third kappa shape index (κ3) is 1.35. The van der Waals surface area contributed by atoms with E-state index in [-0.39, 0.29) is 11.9 Å². The van der Waals surface area contributed by atoms with Crippen LogP contribution in [0.4, 0.5) is 0 Å². The topological polar surface area (TPSA) is 41.5 Å². The fraction of sp³-hybridized carbons (Fsp3) is 0.333. The van der Waals surface area contributed by atoms with Crippen LogP contribution >= 0.6 is 0 Å². The predicted molar refractivity (Wildman–Crippen MR) is 56.7 cm³/mol. The van der Waals surface area contributed by atoms with Crippen LogP contribution in [-0.4, -0.2) is 18.5 Å². The van der Waals surface area contributed by atoms with E-state index in [1.807, 2.05) is 18.2 Å². The lowest BCUT2D eigenvalue weighted by Crippen LogP contribution is -2.28. The zero-order chi connectivity index (χ0) is 10.3. The number of nitrogens with zero attached hydrogens (tertiary/aromatic N) is 1. The van der Waals surface area contributed by atoms with Crippen molar-refractivity contribution in [2.24, 2.45) is 4.99 Å². The molecule has 0 radical (unpaired) electrons. The minimum Gasteiger partial charge on any atom is -0.352 e. The SMILES string of the molecule is O=C1CCC2N=c3ccccc3=C2CN1. The van der Waals surface area contributed by atoms with E-state index in [4.69, 9.17) is 0 Å². The van der Waals surface area contributed by atoms with E-state index in [9.17, 15) is 4.79 Å². The fourth-order valence-electron chi connectivity index (χ4n) is 2.28. The Balaban J connectivity index is 2.16. The van der Waals surface area contributed by atoms with Gasteiger partial charge in [0, 0.05) is 18.2 Å². The second-order valence-corrected chi connectivity index (χ2v) is 4.00. The number of hydrogen-bond acceptors (Lipinski definition) is 2. The van der Waals surface area contributed by atoms with E-state index in [1.54, 1.807) is 0 Å². The monoisotopic (exact) mass is 200 g/mol. The molecule has 15 heavy (non-hydrogen) atoms. The smallest absolute Gasteiger partial charge is 0.220 e. The van der Waals surface area contributed by atoms with Crippen molar-refractivity contribution >= 4 is 11.5 Å². The highest BCUT2D eigenvalue weighted by Gasteiger charge is 2.23. The van der Waals surface area contributed by atoms with Gasteiger partial charge in [-0.05, 0) is 18.1 Å². The largest absolute Gasteiger partial charge is 0.352 e. The molecule has 1 aromatic rings. The Morgan fingerprint density at radius 2 is 2.20 bits per heavy atom. The molecule has 3 nitrogen and oxygen atoms in total. The van der Waals surface area contributed by atoms with Crippen molar-refractivity contribution in [2.45, 2.75) is 18.9 Å². The summed E-state index contributed by atoms with van der Waals surface area (Å²) in [4.78, 5) is 15.9. The van der Waals surface area contributed by atoms with Crippen LogP contribution in [0.1, 0.15) is 12.8 Å². The van der Waals surface area contributed by atoms with Crippen molar-refractivity contribution in [3.63, 3.8) is 0 Å². The van der Waals surface area contributed by atoms with Gasteiger partial charge in [0.2, 0.25) is 5.91 Å². The molecular formula is C12H12N2O. The van der Waals surface area contributed by atoms with Gasteiger partial charge in [-0.25, -0.2) is 0 Å². The third-order valence-corrected chi connectivity index (χ3v) is 3.07. The summed E-state index contributed by atoms with van der Waals surface area (Å²) >= 11 is 0. The highest BCUT2D eigenvalue weighted by molar-refractivity contribution is 5.79. The van der Waals surface area contributed by atoms with Crippen LogP contribution in [0.25, 0.3) is 5.57 Å². The highest BCUT2D eigenvalue weighted by Crippen LogP contribution is 2.16. The zero-order valence-corrected chi connectivity index (χ0v) is 8.36. The Morgan fingerprint density at radius 3 is 3.13 bits per heavy atom. The summed E-state index contributed by atoms with van der Waals surface area (Å²) < 4.78 is 0. The van der Waals surface area contributed by atoms with Gasteiger partial charge in [-0.2, -0.15) is 0 Å². The molecule has 1 saturated heterocycles. The molecular weight excluding hydrogens is 188 g/mol. The van der Waals surface area contributed by atoms with Crippen molar-refractivity contribution in [2.75, 3.05) is 6.54 Å². The average molecular weight is 200 g/mol. The quantitative estimate of drug-likeness (QED) is 0.616. The van der Waals surface area contributed by atoms with E-state index in [1.165, 1.54) is 10.8 Å². The molecule has 0 aliphatic carbocycles. The van der Waals surface area contributed by atoms with Gasteiger partial charge in [0.05, 0.1) is 11.4 Å². The molecule has 0 bridgehead atoms. The molecule has 0 spiro atoms. The van der Waals surface area contributed by atoms with Gasteiger partial charge in [0.15, 0.2) is 0 Å². The Hall–Kier alpha value is -1.64. The standard InChI is InChI=1S/C12H12N2O/c15-12-6-5-11-9(7-13-12)8-3-1-2-4-10(8)14-11/h1-4,11H,5-7H2,(H,13,15). The van der Waals surface area contributed by atoms with Crippen LogP contribution in [0, 0.1) is 0 Å². The molecule has 1 aromatic carbocycles. The summed E-state index contributed by atoms with van der Waals surface area (Å²) in [5, 5.41) is 5.21. The maximum atomic E-state index is 11.3. The number of benzene rings is 1. The molecule has 3 rings (SSSR count). The highest BCUT2D eigenvalue weighted by atomic mass is 16.1. The van der Waals surface area contributed by atoms with Crippen LogP contribution in [0.2, 0.25) is 0 Å². The molecule has 2 aliphatic rings. The summed E-state index contributed by atoms with van der Waals surface area (Å²) in [5.41, 5.74) is 1.27. The first-order valence-corrected chi connectivity index (χ1v) is 5.27. The summed E-state index contributed by atoms with van der Waals surface area (Å²) in [6.07, 6.45) is 1.43. The maximum absolute atomic E-state index is 11.3. The Bertz CT molecular complexity index is 533. The van der Waals surface area contributed by atoms with E-state index < -0.39 is 0 Å². The van der Waals surface area contributed by atoms with Crippen LogP contribution in [-0.2, 0) is 4.79 Å². The number of carbonyl (C=O) groups excluding carboxylic acids is 1. The minimum absolute atomic E-state index is 0.143. The molecule has 1 unspecified atom stereocenters. The maximum Gasteiger partial charge on any atom is 0.220 e. The summed E-state index contributed by atoms with van der Waals surface area (Å²) in [6, 6.07) is 8.38. The van der Waals surface area contributed by atoms with Gasteiger partial charge >= 0.3 is 0 Å². The number of fused-ring (bicyclic) bond motifs is 2. The second kappa shape index (κ2) is 3.19. The zero-order valence-electron chi connectivity index (χ0n) is 8.36. The first kappa shape index (κ1) is 8.65. The number of rotatable bonds is 0. The van der Waals surface area contributed by atoms with Crippen molar-refractivity contribution in [1.29, 1.82) is 0 Å². The molecule has 0 saturated carbocycles. The number of amides is 1. The van der Waals surface area contributed by atoms with E-state index in [0.29, 0.717) is 13.0 Å². The number of para-hydroxylation sites is 1. The number of hydrogen-bond donors (Lipinski definition) is 1. The lowest BCUT2D eigenvalue weighted by molar-refractivity contribution is -0.120.